The summed E-state index contributed by atoms with van der Waals surface area (Å²) < 4.78 is 1.04. The molecular formula is C18H17BrN2O2. The SMILES string of the molecule is NC(=O)c1ccc(CNC(=O)C2CC2c2ccc(Br)cc2)cc1. The fraction of sp³-hybridized carbons (Fsp3) is 0.222. The second kappa shape index (κ2) is 6.54. The standard InChI is InChI=1S/C18H17BrN2O2/c19-14-7-5-12(6-8-14)15-9-16(15)18(23)21-10-11-1-3-13(4-2-11)17(20)22/h1-8,15-16H,9-10H2,(H2,20,22)(H,21,23). The van der Waals surface area contributed by atoms with Gasteiger partial charge in [0, 0.05) is 22.5 Å². The van der Waals surface area contributed by atoms with Gasteiger partial charge >= 0.3 is 0 Å². The van der Waals surface area contributed by atoms with Crippen LogP contribution in [0.4, 0.5) is 0 Å². The van der Waals surface area contributed by atoms with Crippen LogP contribution in [0.15, 0.2) is 53.0 Å². The Morgan fingerprint density at radius 3 is 2.35 bits per heavy atom. The maximum absolute atomic E-state index is 12.2. The number of rotatable bonds is 5. The molecule has 3 N–H and O–H groups in total. The molecule has 0 aliphatic heterocycles. The highest BCUT2D eigenvalue weighted by molar-refractivity contribution is 9.10. The van der Waals surface area contributed by atoms with E-state index in [1.165, 1.54) is 5.56 Å². The normalized spacial score (nSPS) is 19.2. The third-order valence-corrected chi connectivity index (χ3v) is 4.66. The van der Waals surface area contributed by atoms with E-state index in [0.29, 0.717) is 18.0 Å². The number of halogens is 1. The van der Waals surface area contributed by atoms with E-state index < -0.39 is 5.91 Å². The molecule has 1 aliphatic carbocycles. The maximum Gasteiger partial charge on any atom is 0.248 e. The molecule has 5 heteroatoms. The first-order valence-corrected chi connectivity index (χ1v) is 8.26. The summed E-state index contributed by atoms with van der Waals surface area (Å²) in [4.78, 5) is 23.2. The van der Waals surface area contributed by atoms with Crippen LogP contribution >= 0.6 is 15.9 Å². The number of nitrogens with two attached hydrogens (primary N) is 1. The molecule has 1 fully saturated rings. The van der Waals surface area contributed by atoms with E-state index in [4.69, 9.17) is 5.73 Å². The summed E-state index contributed by atoms with van der Waals surface area (Å²) in [5.41, 5.74) is 7.83. The van der Waals surface area contributed by atoms with Gasteiger partial charge in [0.2, 0.25) is 11.8 Å². The Morgan fingerprint density at radius 1 is 1.09 bits per heavy atom. The van der Waals surface area contributed by atoms with Crippen LogP contribution in [0.3, 0.4) is 0 Å². The molecule has 0 saturated heterocycles. The Balaban J connectivity index is 1.52. The van der Waals surface area contributed by atoms with E-state index in [-0.39, 0.29) is 11.8 Å². The molecule has 2 aromatic rings. The predicted molar refractivity (Wildman–Crippen MR) is 91.8 cm³/mol. The molecule has 118 valence electrons. The molecule has 3 rings (SSSR count). The van der Waals surface area contributed by atoms with Gasteiger partial charge in [-0.05, 0) is 47.7 Å². The quantitative estimate of drug-likeness (QED) is 0.846. The zero-order valence-corrected chi connectivity index (χ0v) is 14.0. The van der Waals surface area contributed by atoms with Crippen molar-refractivity contribution in [3.8, 4) is 0 Å². The van der Waals surface area contributed by atoms with E-state index >= 15 is 0 Å². The van der Waals surface area contributed by atoms with Crippen molar-refractivity contribution in [3.63, 3.8) is 0 Å². The lowest BCUT2D eigenvalue weighted by molar-refractivity contribution is -0.122. The average molecular weight is 373 g/mol. The van der Waals surface area contributed by atoms with E-state index in [1.807, 2.05) is 12.1 Å². The summed E-state index contributed by atoms with van der Waals surface area (Å²) in [7, 11) is 0. The van der Waals surface area contributed by atoms with E-state index in [1.54, 1.807) is 24.3 Å². The first-order valence-electron chi connectivity index (χ1n) is 7.46. The highest BCUT2D eigenvalue weighted by Crippen LogP contribution is 2.47. The minimum absolute atomic E-state index is 0.0565. The molecule has 1 aliphatic rings. The van der Waals surface area contributed by atoms with Crippen LogP contribution in [0.5, 0.6) is 0 Å². The molecule has 2 unspecified atom stereocenters. The van der Waals surface area contributed by atoms with Crippen molar-refractivity contribution in [1.82, 2.24) is 5.32 Å². The molecule has 0 bridgehead atoms. The van der Waals surface area contributed by atoms with Crippen molar-refractivity contribution >= 4 is 27.7 Å². The highest BCUT2D eigenvalue weighted by Gasteiger charge is 2.43. The van der Waals surface area contributed by atoms with Crippen LogP contribution in [0, 0.1) is 5.92 Å². The Labute approximate surface area is 143 Å². The smallest absolute Gasteiger partial charge is 0.248 e. The Hall–Kier alpha value is -2.14. The molecule has 4 nitrogen and oxygen atoms in total. The summed E-state index contributed by atoms with van der Waals surface area (Å²) in [6.45, 7) is 0.460. The van der Waals surface area contributed by atoms with Gasteiger partial charge in [0.25, 0.3) is 0 Å². The second-order valence-electron chi connectivity index (χ2n) is 5.78. The van der Waals surface area contributed by atoms with Gasteiger partial charge in [-0.15, -0.1) is 0 Å². The lowest BCUT2D eigenvalue weighted by Gasteiger charge is -2.06. The third kappa shape index (κ3) is 3.79. The summed E-state index contributed by atoms with van der Waals surface area (Å²) in [5.74, 6) is 0.00853. The minimum atomic E-state index is -0.448. The average Bonchev–Trinajstić information content (AvgIpc) is 3.34. The van der Waals surface area contributed by atoms with Crippen LogP contribution in [0.25, 0.3) is 0 Å². The first-order chi connectivity index (χ1) is 11.0. The molecule has 2 amide bonds. The zero-order chi connectivity index (χ0) is 16.4. The van der Waals surface area contributed by atoms with Gasteiger partial charge in [-0.2, -0.15) is 0 Å². The molecule has 0 aromatic heterocycles. The van der Waals surface area contributed by atoms with E-state index in [2.05, 4.69) is 33.4 Å². The Morgan fingerprint density at radius 2 is 1.74 bits per heavy atom. The van der Waals surface area contributed by atoms with Crippen molar-refractivity contribution in [2.75, 3.05) is 0 Å². The topological polar surface area (TPSA) is 72.2 Å². The molecule has 0 heterocycles. The number of hydrogen-bond donors (Lipinski definition) is 2. The molecule has 2 aromatic carbocycles. The molecule has 1 saturated carbocycles. The van der Waals surface area contributed by atoms with Crippen LogP contribution in [0.2, 0.25) is 0 Å². The summed E-state index contributed by atoms with van der Waals surface area (Å²) >= 11 is 3.42. The largest absolute Gasteiger partial charge is 0.366 e. The lowest BCUT2D eigenvalue weighted by Crippen LogP contribution is -2.24. The van der Waals surface area contributed by atoms with Gasteiger partial charge in [-0.3, -0.25) is 9.59 Å². The van der Waals surface area contributed by atoms with E-state index in [0.717, 1.165) is 16.5 Å². The molecular weight excluding hydrogens is 356 g/mol. The number of benzene rings is 2. The second-order valence-corrected chi connectivity index (χ2v) is 6.69. The Kier molecular flexibility index (Phi) is 4.48. The van der Waals surface area contributed by atoms with Crippen LogP contribution in [-0.4, -0.2) is 11.8 Å². The maximum atomic E-state index is 12.2. The van der Waals surface area contributed by atoms with Crippen molar-refractivity contribution in [3.05, 3.63) is 69.7 Å². The van der Waals surface area contributed by atoms with Gasteiger partial charge < -0.3 is 11.1 Å². The fourth-order valence-corrected chi connectivity index (χ4v) is 2.93. The third-order valence-electron chi connectivity index (χ3n) is 4.13. The van der Waals surface area contributed by atoms with Gasteiger partial charge in [0.1, 0.15) is 0 Å². The van der Waals surface area contributed by atoms with Crippen molar-refractivity contribution in [2.24, 2.45) is 11.7 Å². The van der Waals surface area contributed by atoms with Crippen molar-refractivity contribution in [2.45, 2.75) is 18.9 Å². The number of carbonyl (C=O) groups excluding carboxylic acids is 2. The number of primary amides is 1. The van der Waals surface area contributed by atoms with Crippen LogP contribution in [-0.2, 0) is 11.3 Å². The van der Waals surface area contributed by atoms with Crippen LogP contribution in [0.1, 0.15) is 33.8 Å². The van der Waals surface area contributed by atoms with Gasteiger partial charge in [0.05, 0.1) is 0 Å². The predicted octanol–water partition coefficient (Wildman–Crippen LogP) is 2.97. The molecule has 23 heavy (non-hydrogen) atoms. The molecule has 2 atom stereocenters. The van der Waals surface area contributed by atoms with Crippen molar-refractivity contribution in [1.29, 1.82) is 0 Å². The van der Waals surface area contributed by atoms with Crippen LogP contribution < -0.4 is 11.1 Å². The summed E-state index contributed by atoms with van der Waals surface area (Å²) in [5, 5.41) is 2.96. The minimum Gasteiger partial charge on any atom is -0.366 e. The number of carbonyl (C=O) groups is 2. The van der Waals surface area contributed by atoms with E-state index in [9.17, 15) is 9.59 Å². The number of nitrogens with one attached hydrogen (secondary N) is 1. The number of hydrogen-bond acceptors (Lipinski definition) is 2. The highest BCUT2D eigenvalue weighted by atomic mass is 79.9. The zero-order valence-electron chi connectivity index (χ0n) is 12.5. The monoisotopic (exact) mass is 372 g/mol. The molecule has 0 spiro atoms. The van der Waals surface area contributed by atoms with Gasteiger partial charge in [0.15, 0.2) is 0 Å². The summed E-state index contributed by atoms with van der Waals surface area (Å²) in [6.07, 6.45) is 0.897. The molecule has 0 radical (unpaired) electrons. The fourth-order valence-electron chi connectivity index (χ4n) is 2.67. The number of amides is 2. The first kappa shape index (κ1) is 15.7. The van der Waals surface area contributed by atoms with Crippen molar-refractivity contribution < 1.29 is 9.59 Å². The lowest BCUT2D eigenvalue weighted by atomic mass is 10.1. The Bertz CT molecular complexity index is 726. The van der Waals surface area contributed by atoms with Gasteiger partial charge in [-0.25, -0.2) is 0 Å². The summed E-state index contributed by atoms with van der Waals surface area (Å²) in [6, 6.07) is 15.1. The van der Waals surface area contributed by atoms with Gasteiger partial charge in [-0.1, -0.05) is 40.2 Å².